The van der Waals surface area contributed by atoms with E-state index in [4.69, 9.17) is 0 Å². The van der Waals surface area contributed by atoms with Gasteiger partial charge < -0.3 is 10.6 Å². The topological polar surface area (TPSA) is 54.0 Å². The molecule has 0 fully saturated rings. The molecule has 1 heterocycles. The van der Waals surface area contributed by atoms with Crippen LogP contribution in [0.3, 0.4) is 0 Å². The number of aryl methyl sites for hydroxylation is 2. The summed E-state index contributed by atoms with van der Waals surface area (Å²) in [4.78, 5) is 16.6. The van der Waals surface area contributed by atoms with Crippen LogP contribution in [0.2, 0.25) is 0 Å². The number of rotatable bonds is 5. The Hall–Kier alpha value is -3.14. The number of hydrogen-bond acceptors (Lipinski definition) is 3. The smallest absolute Gasteiger partial charge is 0.257 e. The summed E-state index contributed by atoms with van der Waals surface area (Å²) in [7, 11) is 0. The number of aromatic nitrogens is 1. The van der Waals surface area contributed by atoms with Crippen molar-refractivity contribution in [2.75, 3.05) is 10.6 Å². The first-order valence-electron chi connectivity index (χ1n) is 8.23. The Morgan fingerprint density at radius 1 is 0.920 bits per heavy atom. The molecular formula is C21H21N3O. The van der Waals surface area contributed by atoms with Crippen LogP contribution in [0.4, 0.5) is 11.4 Å². The van der Waals surface area contributed by atoms with Gasteiger partial charge in [-0.05, 0) is 43.2 Å². The van der Waals surface area contributed by atoms with Crippen molar-refractivity contribution in [2.24, 2.45) is 0 Å². The molecule has 0 aliphatic rings. The van der Waals surface area contributed by atoms with Crippen molar-refractivity contribution in [3.63, 3.8) is 0 Å². The van der Waals surface area contributed by atoms with Crippen LogP contribution in [0.15, 0.2) is 67.0 Å². The molecule has 0 saturated heterocycles. The summed E-state index contributed by atoms with van der Waals surface area (Å²) in [6, 6.07) is 17.8. The van der Waals surface area contributed by atoms with Crippen LogP contribution in [0.5, 0.6) is 0 Å². The zero-order valence-electron chi connectivity index (χ0n) is 14.4. The molecule has 0 saturated carbocycles. The number of carbonyl (C=O) groups excluding carboxylic acids is 1. The fraction of sp³-hybridized carbons (Fsp3) is 0.143. The average Bonchev–Trinajstić information content (AvgIpc) is 2.60. The van der Waals surface area contributed by atoms with E-state index in [1.807, 2.05) is 43.3 Å². The minimum absolute atomic E-state index is 0.169. The number of nitrogens with zero attached hydrogens (tertiary/aromatic N) is 1. The van der Waals surface area contributed by atoms with Gasteiger partial charge >= 0.3 is 0 Å². The van der Waals surface area contributed by atoms with E-state index < -0.39 is 0 Å². The minimum Gasteiger partial charge on any atom is -0.380 e. The first-order valence-corrected chi connectivity index (χ1v) is 8.23. The van der Waals surface area contributed by atoms with Crippen LogP contribution in [-0.4, -0.2) is 10.9 Å². The first kappa shape index (κ1) is 16.7. The fourth-order valence-corrected chi connectivity index (χ4v) is 2.61. The summed E-state index contributed by atoms with van der Waals surface area (Å²) in [6.45, 7) is 4.75. The molecule has 0 aliphatic heterocycles. The van der Waals surface area contributed by atoms with E-state index in [-0.39, 0.29) is 5.91 Å². The highest BCUT2D eigenvalue weighted by molar-refractivity contribution is 6.04. The molecule has 1 aromatic heterocycles. The van der Waals surface area contributed by atoms with Crippen LogP contribution < -0.4 is 10.6 Å². The van der Waals surface area contributed by atoms with E-state index in [0.717, 1.165) is 16.9 Å². The van der Waals surface area contributed by atoms with Crippen LogP contribution in [0, 0.1) is 13.8 Å². The minimum atomic E-state index is -0.169. The molecule has 2 aromatic carbocycles. The van der Waals surface area contributed by atoms with Gasteiger partial charge in [0.25, 0.3) is 5.91 Å². The standard InChI is InChI=1S/C21H21N3O/c1-15-5-3-7-17(9-15)12-23-20-11-18(13-22-14-20)21(25)24-19-8-4-6-16(2)10-19/h3-11,13-14,23H,12H2,1-2H3,(H,24,25). The van der Waals surface area contributed by atoms with E-state index in [1.165, 1.54) is 11.1 Å². The Balaban J connectivity index is 1.67. The Morgan fingerprint density at radius 3 is 2.44 bits per heavy atom. The third kappa shape index (κ3) is 4.67. The fourth-order valence-electron chi connectivity index (χ4n) is 2.61. The maximum absolute atomic E-state index is 12.4. The summed E-state index contributed by atoms with van der Waals surface area (Å²) < 4.78 is 0. The quantitative estimate of drug-likeness (QED) is 0.720. The lowest BCUT2D eigenvalue weighted by atomic mass is 10.1. The number of carbonyl (C=O) groups is 1. The second-order valence-corrected chi connectivity index (χ2v) is 6.13. The van der Waals surface area contributed by atoms with Crippen molar-refractivity contribution in [1.29, 1.82) is 0 Å². The van der Waals surface area contributed by atoms with Gasteiger partial charge in [-0.2, -0.15) is 0 Å². The van der Waals surface area contributed by atoms with Crippen LogP contribution in [0.25, 0.3) is 0 Å². The number of nitrogens with one attached hydrogen (secondary N) is 2. The number of benzene rings is 2. The molecule has 0 spiro atoms. The number of amides is 1. The van der Waals surface area contributed by atoms with Gasteiger partial charge in [0.2, 0.25) is 0 Å². The Kier molecular flexibility index (Phi) is 5.09. The Labute approximate surface area is 147 Å². The predicted octanol–water partition coefficient (Wildman–Crippen LogP) is 4.56. The summed E-state index contributed by atoms with van der Waals surface area (Å²) >= 11 is 0. The van der Waals surface area contributed by atoms with Crippen LogP contribution in [-0.2, 0) is 6.54 Å². The molecule has 0 bridgehead atoms. The van der Waals surface area contributed by atoms with Gasteiger partial charge in [-0.3, -0.25) is 9.78 Å². The van der Waals surface area contributed by atoms with Crippen molar-refractivity contribution in [3.8, 4) is 0 Å². The molecule has 4 nitrogen and oxygen atoms in total. The summed E-state index contributed by atoms with van der Waals surface area (Å²) in [5.41, 5.74) is 5.64. The summed E-state index contributed by atoms with van der Waals surface area (Å²) in [6.07, 6.45) is 3.29. The molecule has 3 aromatic rings. The third-order valence-electron chi connectivity index (χ3n) is 3.86. The molecule has 4 heteroatoms. The van der Waals surface area contributed by atoms with Gasteiger partial charge in [-0.15, -0.1) is 0 Å². The van der Waals surface area contributed by atoms with Crippen molar-refractivity contribution in [3.05, 3.63) is 89.2 Å². The van der Waals surface area contributed by atoms with Crippen LogP contribution >= 0.6 is 0 Å². The molecule has 126 valence electrons. The van der Waals surface area contributed by atoms with Crippen molar-refractivity contribution in [1.82, 2.24) is 4.98 Å². The van der Waals surface area contributed by atoms with E-state index in [9.17, 15) is 4.79 Å². The zero-order valence-corrected chi connectivity index (χ0v) is 14.4. The van der Waals surface area contributed by atoms with E-state index in [2.05, 4.69) is 40.7 Å². The molecule has 0 radical (unpaired) electrons. The Bertz CT molecular complexity index is 890. The Morgan fingerprint density at radius 2 is 1.68 bits per heavy atom. The van der Waals surface area contributed by atoms with Gasteiger partial charge in [-0.25, -0.2) is 0 Å². The molecule has 25 heavy (non-hydrogen) atoms. The number of anilines is 2. The highest BCUT2D eigenvalue weighted by Gasteiger charge is 2.08. The third-order valence-corrected chi connectivity index (χ3v) is 3.86. The van der Waals surface area contributed by atoms with Crippen molar-refractivity contribution < 1.29 is 4.79 Å². The largest absolute Gasteiger partial charge is 0.380 e. The highest BCUT2D eigenvalue weighted by atomic mass is 16.1. The van der Waals surface area contributed by atoms with Crippen molar-refractivity contribution in [2.45, 2.75) is 20.4 Å². The molecule has 2 N–H and O–H groups in total. The monoisotopic (exact) mass is 331 g/mol. The summed E-state index contributed by atoms with van der Waals surface area (Å²) in [5.74, 6) is -0.169. The number of hydrogen-bond donors (Lipinski definition) is 2. The highest BCUT2D eigenvalue weighted by Crippen LogP contribution is 2.14. The number of pyridine rings is 1. The second-order valence-electron chi connectivity index (χ2n) is 6.13. The van der Waals surface area contributed by atoms with E-state index >= 15 is 0 Å². The average molecular weight is 331 g/mol. The van der Waals surface area contributed by atoms with Gasteiger partial charge in [0.05, 0.1) is 11.3 Å². The molecule has 0 unspecified atom stereocenters. The van der Waals surface area contributed by atoms with Gasteiger partial charge in [0, 0.05) is 24.6 Å². The van der Waals surface area contributed by atoms with Gasteiger partial charge in [0.15, 0.2) is 0 Å². The molecular weight excluding hydrogens is 310 g/mol. The predicted molar refractivity (Wildman–Crippen MR) is 102 cm³/mol. The molecule has 3 rings (SSSR count). The van der Waals surface area contributed by atoms with Gasteiger partial charge in [-0.1, -0.05) is 42.0 Å². The molecule has 0 atom stereocenters. The van der Waals surface area contributed by atoms with Crippen LogP contribution in [0.1, 0.15) is 27.0 Å². The lowest BCUT2D eigenvalue weighted by Gasteiger charge is -2.09. The normalized spacial score (nSPS) is 10.3. The van der Waals surface area contributed by atoms with E-state index in [1.54, 1.807) is 12.4 Å². The maximum Gasteiger partial charge on any atom is 0.257 e. The second kappa shape index (κ2) is 7.62. The first-order chi connectivity index (χ1) is 12.1. The maximum atomic E-state index is 12.4. The lowest BCUT2D eigenvalue weighted by Crippen LogP contribution is -2.13. The molecule has 1 amide bonds. The van der Waals surface area contributed by atoms with Crippen molar-refractivity contribution >= 4 is 17.3 Å². The lowest BCUT2D eigenvalue weighted by molar-refractivity contribution is 0.102. The van der Waals surface area contributed by atoms with E-state index in [0.29, 0.717) is 12.1 Å². The SMILES string of the molecule is Cc1cccc(CNc2cncc(C(=O)Nc3cccc(C)c3)c2)c1. The molecule has 0 aliphatic carbocycles. The zero-order chi connectivity index (χ0) is 17.6. The summed E-state index contributed by atoms with van der Waals surface area (Å²) in [5, 5.41) is 6.21. The van der Waals surface area contributed by atoms with Gasteiger partial charge in [0.1, 0.15) is 0 Å².